The first-order valence-corrected chi connectivity index (χ1v) is 6.46. The van der Waals surface area contributed by atoms with Gasteiger partial charge in [-0.3, -0.25) is 4.79 Å². The van der Waals surface area contributed by atoms with Crippen molar-refractivity contribution in [3.05, 3.63) is 28.8 Å². The second kappa shape index (κ2) is 5.01. The molecule has 2 rings (SSSR count). The Labute approximate surface area is 108 Å². The summed E-state index contributed by atoms with van der Waals surface area (Å²) in [4.78, 5) is 11.1. The van der Waals surface area contributed by atoms with Crippen molar-refractivity contribution in [2.75, 3.05) is 0 Å². The summed E-state index contributed by atoms with van der Waals surface area (Å²) in [5.41, 5.74) is 3.38. The molecule has 0 amide bonds. The van der Waals surface area contributed by atoms with E-state index in [9.17, 15) is 4.79 Å². The number of aliphatic carboxylic acids is 1. The van der Waals surface area contributed by atoms with Gasteiger partial charge < -0.3 is 9.84 Å². The number of hydrogen-bond acceptors (Lipinski definition) is 2. The summed E-state index contributed by atoms with van der Waals surface area (Å²) in [5.74, 6) is -0.233. The predicted molar refractivity (Wildman–Crippen MR) is 70.0 cm³/mol. The Kier molecular flexibility index (Phi) is 3.60. The molecule has 0 aliphatic heterocycles. The van der Waals surface area contributed by atoms with Crippen LogP contribution in [-0.2, 0) is 4.79 Å². The molecule has 0 saturated heterocycles. The first kappa shape index (κ1) is 12.9. The molecule has 3 heteroatoms. The molecule has 2 unspecified atom stereocenters. The van der Waals surface area contributed by atoms with Crippen LogP contribution in [0.2, 0.25) is 0 Å². The molecule has 1 aromatic carbocycles. The van der Waals surface area contributed by atoms with E-state index < -0.39 is 5.97 Å². The van der Waals surface area contributed by atoms with E-state index >= 15 is 0 Å². The molecule has 0 bridgehead atoms. The maximum atomic E-state index is 11.1. The van der Waals surface area contributed by atoms with E-state index in [1.807, 2.05) is 13.8 Å². The highest BCUT2D eigenvalue weighted by molar-refractivity contribution is 5.71. The Bertz CT molecular complexity index is 442. The SMILES string of the molecule is Cc1cc(C)c(OC2CCCC2C(=O)O)c(C)c1. The maximum Gasteiger partial charge on any atom is 0.310 e. The van der Waals surface area contributed by atoms with Gasteiger partial charge in [0.2, 0.25) is 0 Å². The predicted octanol–water partition coefficient (Wildman–Crippen LogP) is 3.24. The fourth-order valence-electron chi connectivity index (χ4n) is 2.85. The summed E-state index contributed by atoms with van der Waals surface area (Å²) >= 11 is 0. The molecule has 1 aromatic rings. The van der Waals surface area contributed by atoms with Gasteiger partial charge in [0, 0.05) is 0 Å². The standard InChI is InChI=1S/C15H20O3/c1-9-7-10(2)14(11(3)8-9)18-13-6-4-5-12(13)15(16)17/h7-8,12-13H,4-6H2,1-3H3,(H,16,17). The van der Waals surface area contributed by atoms with Crippen molar-refractivity contribution in [2.45, 2.75) is 46.1 Å². The van der Waals surface area contributed by atoms with Crippen LogP contribution in [0.25, 0.3) is 0 Å². The second-order valence-electron chi connectivity index (χ2n) is 5.26. The van der Waals surface area contributed by atoms with E-state index in [4.69, 9.17) is 9.84 Å². The molecule has 2 atom stereocenters. The molecule has 1 aliphatic rings. The van der Waals surface area contributed by atoms with Gasteiger partial charge in [0.1, 0.15) is 11.9 Å². The van der Waals surface area contributed by atoms with E-state index in [-0.39, 0.29) is 12.0 Å². The van der Waals surface area contributed by atoms with Gasteiger partial charge in [-0.2, -0.15) is 0 Å². The minimum absolute atomic E-state index is 0.178. The van der Waals surface area contributed by atoms with Crippen molar-refractivity contribution in [3.8, 4) is 5.75 Å². The molecule has 1 fully saturated rings. The Morgan fingerprint density at radius 2 is 1.83 bits per heavy atom. The third kappa shape index (κ3) is 2.50. The highest BCUT2D eigenvalue weighted by Crippen LogP contribution is 2.33. The lowest BCUT2D eigenvalue weighted by molar-refractivity contribution is -0.144. The third-order valence-electron chi connectivity index (χ3n) is 3.64. The molecule has 0 aromatic heterocycles. The number of carbonyl (C=O) groups is 1. The zero-order valence-corrected chi connectivity index (χ0v) is 11.2. The highest BCUT2D eigenvalue weighted by Gasteiger charge is 2.35. The fourth-order valence-corrected chi connectivity index (χ4v) is 2.85. The fraction of sp³-hybridized carbons (Fsp3) is 0.533. The first-order valence-electron chi connectivity index (χ1n) is 6.46. The van der Waals surface area contributed by atoms with Crippen molar-refractivity contribution in [2.24, 2.45) is 5.92 Å². The van der Waals surface area contributed by atoms with E-state index in [2.05, 4.69) is 19.1 Å². The van der Waals surface area contributed by atoms with E-state index in [1.54, 1.807) is 0 Å². The van der Waals surface area contributed by atoms with Crippen LogP contribution >= 0.6 is 0 Å². The van der Waals surface area contributed by atoms with Gasteiger partial charge in [0.15, 0.2) is 0 Å². The number of rotatable bonds is 3. The number of aryl methyl sites for hydroxylation is 3. The molecule has 0 radical (unpaired) electrons. The first-order chi connectivity index (χ1) is 8.49. The van der Waals surface area contributed by atoms with Crippen molar-refractivity contribution >= 4 is 5.97 Å². The van der Waals surface area contributed by atoms with Gasteiger partial charge in [-0.15, -0.1) is 0 Å². The summed E-state index contributed by atoms with van der Waals surface area (Å²) in [6.45, 7) is 6.08. The molecule has 1 aliphatic carbocycles. The van der Waals surface area contributed by atoms with Gasteiger partial charge in [0.25, 0.3) is 0 Å². The molecular weight excluding hydrogens is 228 g/mol. The maximum absolute atomic E-state index is 11.1. The minimum Gasteiger partial charge on any atom is -0.489 e. The largest absolute Gasteiger partial charge is 0.489 e. The Balaban J connectivity index is 2.21. The smallest absolute Gasteiger partial charge is 0.310 e. The average Bonchev–Trinajstić information content (AvgIpc) is 2.71. The molecule has 0 spiro atoms. The molecule has 1 saturated carbocycles. The number of carboxylic acids is 1. The molecule has 1 N–H and O–H groups in total. The van der Waals surface area contributed by atoms with Crippen molar-refractivity contribution in [1.29, 1.82) is 0 Å². The second-order valence-corrected chi connectivity index (χ2v) is 5.26. The van der Waals surface area contributed by atoms with Crippen LogP contribution < -0.4 is 4.74 Å². The van der Waals surface area contributed by atoms with Crippen LogP contribution in [0.4, 0.5) is 0 Å². The number of hydrogen-bond donors (Lipinski definition) is 1. The Morgan fingerprint density at radius 1 is 1.22 bits per heavy atom. The third-order valence-corrected chi connectivity index (χ3v) is 3.64. The van der Waals surface area contributed by atoms with Crippen LogP contribution in [0.5, 0.6) is 5.75 Å². The normalized spacial score (nSPS) is 23.1. The summed E-state index contributed by atoms with van der Waals surface area (Å²) in [5, 5.41) is 9.16. The summed E-state index contributed by atoms with van der Waals surface area (Å²) in [7, 11) is 0. The molecule has 0 heterocycles. The summed E-state index contributed by atoms with van der Waals surface area (Å²) in [6.07, 6.45) is 2.32. The summed E-state index contributed by atoms with van der Waals surface area (Å²) < 4.78 is 5.98. The van der Waals surface area contributed by atoms with Crippen molar-refractivity contribution in [1.82, 2.24) is 0 Å². The van der Waals surface area contributed by atoms with E-state index in [1.165, 1.54) is 5.56 Å². The zero-order valence-electron chi connectivity index (χ0n) is 11.2. The molecule has 18 heavy (non-hydrogen) atoms. The van der Waals surface area contributed by atoms with E-state index in [0.29, 0.717) is 0 Å². The highest BCUT2D eigenvalue weighted by atomic mass is 16.5. The molecular formula is C15H20O3. The number of benzene rings is 1. The lowest BCUT2D eigenvalue weighted by atomic mass is 10.0. The van der Waals surface area contributed by atoms with Crippen LogP contribution in [0, 0.1) is 26.7 Å². The Hall–Kier alpha value is -1.51. The monoisotopic (exact) mass is 248 g/mol. The van der Waals surface area contributed by atoms with Crippen LogP contribution in [-0.4, -0.2) is 17.2 Å². The van der Waals surface area contributed by atoms with Gasteiger partial charge in [-0.25, -0.2) is 0 Å². The Morgan fingerprint density at radius 3 is 2.39 bits per heavy atom. The van der Waals surface area contributed by atoms with Crippen LogP contribution in [0.1, 0.15) is 36.0 Å². The van der Waals surface area contributed by atoms with Crippen molar-refractivity contribution in [3.63, 3.8) is 0 Å². The van der Waals surface area contributed by atoms with Crippen LogP contribution in [0.3, 0.4) is 0 Å². The van der Waals surface area contributed by atoms with Gasteiger partial charge >= 0.3 is 5.97 Å². The summed E-state index contributed by atoms with van der Waals surface area (Å²) in [6, 6.07) is 4.15. The van der Waals surface area contributed by atoms with Crippen LogP contribution in [0.15, 0.2) is 12.1 Å². The molecule has 3 nitrogen and oxygen atoms in total. The zero-order chi connectivity index (χ0) is 13.3. The van der Waals surface area contributed by atoms with Gasteiger partial charge in [-0.1, -0.05) is 17.7 Å². The van der Waals surface area contributed by atoms with E-state index in [0.717, 1.165) is 36.1 Å². The topological polar surface area (TPSA) is 46.5 Å². The van der Waals surface area contributed by atoms with Crippen molar-refractivity contribution < 1.29 is 14.6 Å². The molecule has 98 valence electrons. The van der Waals surface area contributed by atoms with Gasteiger partial charge in [0.05, 0.1) is 5.92 Å². The minimum atomic E-state index is -0.736. The number of ether oxygens (including phenoxy) is 1. The number of carboxylic acid groups (broad SMARTS) is 1. The lowest BCUT2D eigenvalue weighted by Gasteiger charge is -2.21. The quantitative estimate of drug-likeness (QED) is 0.893. The average molecular weight is 248 g/mol. The lowest BCUT2D eigenvalue weighted by Crippen LogP contribution is -2.28. The van der Waals surface area contributed by atoms with Gasteiger partial charge in [-0.05, 0) is 51.2 Å².